The van der Waals surface area contributed by atoms with Gasteiger partial charge in [-0.1, -0.05) is 42.5 Å². The Kier molecular flexibility index (Phi) is 6.58. The molecule has 0 aromatic heterocycles. The maximum absolute atomic E-state index is 12.9. The highest BCUT2D eigenvalue weighted by Crippen LogP contribution is 2.38. The molecule has 1 aliphatic heterocycles. The Bertz CT molecular complexity index is 1230. The number of urea groups is 1. The van der Waals surface area contributed by atoms with Crippen LogP contribution in [0.5, 0.6) is 0 Å². The lowest BCUT2D eigenvalue weighted by Gasteiger charge is -2.28. The molecule has 5 rings (SSSR count). The molecule has 0 spiro atoms. The van der Waals surface area contributed by atoms with E-state index in [1.165, 1.54) is 22.3 Å². The molecule has 1 aliphatic carbocycles. The average molecular weight is 469 g/mol. The molecule has 1 heterocycles. The second kappa shape index (κ2) is 9.95. The second-order valence-electron chi connectivity index (χ2n) is 9.98. The van der Waals surface area contributed by atoms with Crippen molar-refractivity contribution < 1.29 is 14.7 Å². The summed E-state index contributed by atoms with van der Waals surface area (Å²) >= 11 is 0. The van der Waals surface area contributed by atoms with Gasteiger partial charge in [-0.3, -0.25) is 9.69 Å². The molecule has 35 heavy (non-hydrogen) atoms. The van der Waals surface area contributed by atoms with E-state index >= 15 is 0 Å². The summed E-state index contributed by atoms with van der Waals surface area (Å²) in [4.78, 5) is 25.7. The molecule has 2 N–H and O–H groups in total. The number of anilines is 2. The van der Waals surface area contributed by atoms with E-state index in [2.05, 4.69) is 47.8 Å². The van der Waals surface area contributed by atoms with Gasteiger partial charge in [0.25, 0.3) is 0 Å². The molecule has 0 saturated heterocycles. The van der Waals surface area contributed by atoms with Gasteiger partial charge in [0.05, 0.1) is 0 Å². The van der Waals surface area contributed by atoms with Crippen LogP contribution in [0.3, 0.4) is 0 Å². The number of hydrogen-bond donors (Lipinski definition) is 2. The molecule has 180 valence electrons. The zero-order chi connectivity index (χ0) is 24.4. The van der Waals surface area contributed by atoms with Crippen LogP contribution in [0.15, 0.2) is 66.7 Å². The molecule has 2 aliphatic rings. The van der Waals surface area contributed by atoms with Crippen molar-refractivity contribution in [1.82, 2.24) is 0 Å². The molecule has 5 heteroatoms. The fourth-order valence-electron chi connectivity index (χ4n) is 5.60. The lowest BCUT2D eigenvalue weighted by molar-refractivity contribution is -0.138. The van der Waals surface area contributed by atoms with Crippen LogP contribution in [0, 0.1) is 12.8 Å². The SMILES string of the molecule is Cc1cccc(NC(=O)N2CCc3cc(-c4ccc(C5CCC(CC(=O)O)CC5)cc4)ccc32)c1. The van der Waals surface area contributed by atoms with Crippen molar-refractivity contribution >= 4 is 23.4 Å². The van der Waals surface area contributed by atoms with Crippen LogP contribution in [0.2, 0.25) is 0 Å². The van der Waals surface area contributed by atoms with Crippen molar-refractivity contribution in [3.05, 3.63) is 83.4 Å². The summed E-state index contributed by atoms with van der Waals surface area (Å²) in [5.41, 5.74) is 7.81. The highest BCUT2D eigenvalue weighted by atomic mass is 16.4. The summed E-state index contributed by atoms with van der Waals surface area (Å²) in [5.74, 6) is 0.171. The molecule has 3 aromatic carbocycles. The monoisotopic (exact) mass is 468 g/mol. The third-order valence-corrected chi connectivity index (χ3v) is 7.52. The summed E-state index contributed by atoms with van der Waals surface area (Å²) in [7, 11) is 0. The van der Waals surface area contributed by atoms with E-state index in [9.17, 15) is 9.59 Å². The van der Waals surface area contributed by atoms with Crippen LogP contribution in [-0.2, 0) is 11.2 Å². The molecule has 5 nitrogen and oxygen atoms in total. The minimum atomic E-state index is -0.679. The first-order chi connectivity index (χ1) is 17.0. The van der Waals surface area contributed by atoms with Crippen molar-refractivity contribution in [2.75, 3.05) is 16.8 Å². The van der Waals surface area contributed by atoms with Crippen LogP contribution >= 0.6 is 0 Å². The summed E-state index contributed by atoms with van der Waals surface area (Å²) in [6.45, 7) is 2.70. The quantitative estimate of drug-likeness (QED) is 0.423. The number of nitrogens with one attached hydrogen (secondary N) is 1. The van der Waals surface area contributed by atoms with Gasteiger partial charge in [-0.2, -0.15) is 0 Å². The van der Waals surface area contributed by atoms with Gasteiger partial charge < -0.3 is 10.4 Å². The molecule has 3 aromatic rings. The summed E-state index contributed by atoms with van der Waals surface area (Å²) in [6, 6.07) is 23.0. The number of aliphatic carboxylic acids is 1. The number of carboxylic acid groups (broad SMARTS) is 1. The summed E-state index contributed by atoms with van der Waals surface area (Å²) < 4.78 is 0. The normalized spacial score (nSPS) is 19.3. The number of carbonyl (C=O) groups excluding carboxylic acids is 1. The van der Waals surface area contributed by atoms with Crippen molar-refractivity contribution in [3.8, 4) is 11.1 Å². The molecular weight excluding hydrogens is 436 g/mol. The average Bonchev–Trinajstić information content (AvgIpc) is 3.28. The number of nitrogens with zero attached hydrogens (tertiary/aromatic N) is 1. The van der Waals surface area contributed by atoms with E-state index in [0.29, 0.717) is 24.8 Å². The van der Waals surface area contributed by atoms with Crippen molar-refractivity contribution in [3.63, 3.8) is 0 Å². The Hall–Kier alpha value is -3.60. The number of hydrogen-bond acceptors (Lipinski definition) is 2. The molecule has 0 radical (unpaired) electrons. The van der Waals surface area contributed by atoms with Crippen molar-refractivity contribution in [2.45, 2.75) is 51.4 Å². The Morgan fingerprint density at radius 3 is 2.40 bits per heavy atom. The molecule has 0 atom stereocenters. The predicted molar refractivity (Wildman–Crippen MR) is 140 cm³/mol. The maximum Gasteiger partial charge on any atom is 0.326 e. The first-order valence-corrected chi connectivity index (χ1v) is 12.6. The van der Waals surface area contributed by atoms with Crippen LogP contribution in [-0.4, -0.2) is 23.7 Å². The number of aryl methyl sites for hydroxylation is 1. The third-order valence-electron chi connectivity index (χ3n) is 7.52. The van der Waals surface area contributed by atoms with Gasteiger partial charge in [0, 0.05) is 24.3 Å². The number of carbonyl (C=O) groups is 2. The second-order valence-corrected chi connectivity index (χ2v) is 9.98. The standard InChI is InChI=1S/C30H32N2O3/c1-20-3-2-4-27(17-20)31-30(35)32-16-15-26-19-25(13-14-28(26)32)24-11-9-23(10-12-24)22-7-5-21(6-8-22)18-29(33)34/h2-4,9-14,17,19,21-22H,5-8,15-16,18H2,1H3,(H,31,35)(H,33,34). The molecule has 2 amide bonds. The van der Waals surface area contributed by atoms with Gasteiger partial charge in [-0.25, -0.2) is 4.79 Å². The predicted octanol–water partition coefficient (Wildman–Crippen LogP) is 7.01. The zero-order valence-electron chi connectivity index (χ0n) is 20.2. The topological polar surface area (TPSA) is 69.6 Å². The fourth-order valence-corrected chi connectivity index (χ4v) is 5.60. The Morgan fingerprint density at radius 2 is 1.69 bits per heavy atom. The largest absolute Gasteiger partial charge is 0.481 e. The van der Waals surface area contributed by atoms with Gasteiger partial charge in [0.1, 0.15) is 0 Å². The molecule has 1 saturated carbocycles. The number of benzene rings is 3. The minimum Gasteiger partial charge on any atom is -0.481 e. The van der Waals surface area contributed by atoms with E-state index in [1.807, 2.05) is 36.1 Å². The first-order valence-electron chi connectivity index (χ1n) is 12.6. The Balaban J connectivity index is 1.24. The highest BCUT2D eigenvalue weighted by molar-refractivity contribution is 6.03. The van der Waals surface area contributed by atoms with Gasteiger partial charge in [0.2, 0.25) is 0 Å². The van der Waals surface area contributed by atoms with Gasteiger partial charge in [-0.15, -0.1) is 0 Å². The first kappa shape index (κ1) is 23.2. The van der Waals surface area contributed by atoms with E-state index in [1.54, 1.807) is 0 Å². The summed E-state index contributed by atoms with van der Waals surface area (Å²) in [5, 5.41) is 12.1. The highest BCUT2D eigenvalue weighted by Gasteiger charge is 2.26. The van der Waals surface area contributed by atoms with Gasteiger partial charge in [0.15, 0.2) is 0 Å². The van der Waals surface area contributed by atoms with Crippen LogP contribution in [0.1, 0.15) is 54.7 Å². The number of fused-ring (bicyclic) bond motifs is 1. The molecule has 1 fully saturated rings. The smallest absolute Gasteiger partial charge is 0.326 e. The molecular formula is C30H32N2O3. The Labute approximate surface area is 206 Å². The number of carboxylic acids is 1. The van der Waals surface area contributed by atoms with Gasteiger partial charge >= 0.3 is 12.0 Å². The maximum atomic E-state index is 12.9. The summed E-state index contributed by atoms with van der Waals surface area (Å²) in [6.07, 6.45) is 5.28. The van der Waals surface area contributed by atoms with Crippen LogP contribution in [0.25, 0.3) is 11.1 Å². The van der Waals surface area contributed by atoms with E-state index in [0.717, 1.165) is 49.0 Å². The van der Waals surface area contributed by atoms with Crippen LogP contribution < -0.4 is 10.2 Å². The molecule has 0 bridgehead atoms. The van der Waals surface area contributed by atoms with Crippen molar-refractivity contribution in [2.24, 2.45) is 5.92 Å². The minimum absolute atomic E-state index is 0.0930. The van der Waals surface area contributed by atoms with E-state index < -0.39 is 5.97 Å². The lowest BCUT2D eigenvalue weighted by Crippen LogP contribution is -2.33. The lowest BCUT2D eigenvalue weighted by atomic mass is 9.77. The molecule has 0 unspecified atom stereocenters. The third kappa shape index (κ3) is 5.24. The van der Waals surface area contributed by atoms with E-state index in [4.69, 9.17) is 5.11 Å². The Morgan fingerprint density at radius 1 is 0.943 bits per heavy atom. The number of amides is 2. The van der Waals surface area contributed by atoms with Crippen LogP contribution in [0.4, 0.5) is 16.2 Å². The zero-order valence-corrected chi connectivity index (χ0v) is 20.2. The number of rotatable bonds is 5. The fraction of sp³-hybridized carbons (Fsp3) is 0.333. The van der Waals surface area contributed by atoms with Gasteiger partial charge in [-0.05, 0) is 103 Å². The van der Waals surface area contributed by atoms with E-state index in [-0.39, 0.29) is 6.03 Å². The van der Waals surface area contributed by atoms with Crippen molar-refractivity contribution in [1.29, 1.82) is 0 Å².